The van der Waals surface area contributed by atoms with E-state index in [4.69, 9.17) is 0 Å². The lowest BCUT2D eigenvalue weighted by molar-refractivity contribution is -0.138. The molecule has 2 fully saturated rings. The average molecular weight is 210 g/mol. The van der Waals surface area contributed by atoms with Gasteiger partial charge in [0.1, 0.15) is 0 Å². The summed E-state index contributed by atoms with van der Waals surface area (Å²) in [5.74, 6) is 0.386. The van der Waals surface area contributed by atoms with Crippen LogP contribution in [-0.4, -0.2) is 48.4 Å². The number of hydrogen-bond donors (Lipinski definition) is 0. The topological polar surface area (TPSA) is 23.6 Å². The molecule has 1 unspecified atom stereocenters. The van der Waals surface area contributed by atoms with E-state index in [1.54, 1.807) is 0 Å². The SMILES string of the molecule is CN1CCCCC1C(=O)N1CCCCC1. The minimum Gasteiger partial charge on any atom is -0.341 e. The number of carbonyl (C=O) groups excluding carboxylic acids is 1. The number of nitrogens with zero attached hydrogens (tertiary/aromatic N) is 2. The highest BCUT2D eigenvalue weighted by atomic mass is 16.2. The van der Waals surface area contributed by atoms with Gasteiger partial charge in [-0.15, -0.1) is 0 Å². The molecule has 2 rings (SSSR count). The quantitative estimate of drug-likeness (QED) is 0.654. The Morgan fingerprint density at radius 2 is 1.67 bits per heavy atom. The Balaban J connectivity index is 1.92. The number of rotatable bonds is 1. The predicted molar refractivity (Wildman–Crippen MR) is 60.7 cm³/mol. The lowest BCUT2D eigenvalue weighted by atomic mass is 10.0. The van der Waals surface area contributed by atoms with Crippen LogP contribution in [-0.2, 0) is 4.79 Å². The van der Waals surface area contributed by atoms with Crippen LogP contribution < -0.4 is 0 Å². The van der Waals surface area contributed by atoms with Crippen LogP contribution in [0.25, 0.3) is 0 Å². The molecule has 3 nitrogen and oxygen atoms in total. The third-order valence-corrected chi connectivity index (χ3v) is 3.72. The van der Waals surface area contributed by atoms with Gasteiger partial charge in [-0.3, -0.25) is 9.69 Å². The van der Waals surface area contributed by atoms with E-state index in [-0.39, 0.29) is 6.04 Å². The second-order valence-corrected chi connectivity index (χ2v) is 4.88. The predicted octanol–water partition coefficient (Wildman–Crippen LogP) is 1.48. The van der Waals surface area contributed by atoms with Crippen molar-refractivity contribution >= 4 is 5.91 Å². The second kappa shape index (κ2) is 4.97. The molecule has 2 heterocycles. The van der Waals surface area contributed by atoms with Crippen molar-refractivity contribution in [3.63, 3.8) is 0 Å². The third-order valence-electron chi connectivity index (χ3n) is 3.72. The van der Waals surface area contributed by atoms with E-state index in [1.807, 2.05) is 0 Å². The van der Waals surface area contributed by atoms with Crippen LogP contribution in [0, 0.1) is 0 Å². The molecule has 2 saturated heterocycles. The molecule has 1 atom stereocenters. The van der Waals surface area contributed by atoms with Gasteiger partial charge in [-0.1, -0.05) is 6.42 Å². The maximum Gasteiger partial charge on any atom is 0.239 e. The molecule has 3 heteroatoms. The summed E-state index contributed by atoms with van der Waals surface area (Å²) < 4.78 is 0. The fraction of sp³-hybridized carbons (Fsp3) is 0.917. The van der Waals surface area contributed by atoms with Crippen molar-refractivity contribution in [1.29, 1.82) is 0 Å². The van der Waals surface area contributed by atoms with E-state index in [1.165, 1.54) is 32.1 Å². The maximum absolute atomic E-state index is 12.2. The highest BCUT2D eigenvalue weighted by molar-refractivity contribution is 5.82. The summed E-state index contributed by atoms with van der Waals surface area (Å²) in [7, 11) is 2.09. The molecule has 0 aliphatic carbocycles. The maximum atomic E-state index is 12.2. The summed E-state index contributed by atoms with van der Waals surface area (Å²) in [6.45, 7) is 3.07. The Kier molecular flexibility index (Phi) is 3.62. The normalized spacial score (nSPS) is 29.1. The molecular formula is C12H22N2O. The molecule has 0 radical (unpaired) electrons. The van der Waals surface area contributed by atoms with Crippen LogP contribution in [0.5, 0.6) is 0 Å². The van der Waals surface area contributed by atoms with Gasteiger partial charge in [-0.2, -0.15) is 0 Å². The van der Waals surface area contributed by atoms with E-state index in [0.717, 1.165) is 26.1 Å². The van der Waals surface area contributed by atoms with Gasteiger partial charge in [0.2, 0.25) is 5.91 Å². The van der Waals surface area contributed by atoms with Crippen molar-refractivity contribution < 1.29 is 4.79 Å². The molecule has 0 bridgehead atoms. The first-order valence-corrected chi connectivity index (χ1v) is 6.28. The van der Waals surface area contributed by atoms with Crippen LogP contribution in [0.3, 0.4) is 0 Å². The fourth-order valence-corrected chi connectivity index (χ4v) is 2.71. The molecule has 0 aromatic carbocycles. The van der Waals surface area contributed by atoms with Gasteiger partial charge in [-0.05, 0) is 45.7 Å². The Morgan fingerprint density at radius 3 is 2.33 bits per heavy atom. The van der Waals surface area contributed by atoms with Crippen molar-refractivity contribution in [3.05, 3.63) is 0 Å². The van der Waals surface area contributed by atoms with Crippen LogP contribution >= 0.6 is 0 Å². The van der Waals surface area contributed by atoms with Gasteiger partial charge in [0.25, 0.3) is 0 Å². The average Bonchev–Trinajstić information content (AvgIpc) is 2.30. The van der Waals surface area contributed by atoms with Gasteiger partial charge in [0, 0.05) is 13.1 Å². The molecule has 0 spiro atoms. The van der Waals surface area contributed by atoms with Crippen molar-refractivity contribution in [2.24, 2.45) is 0 Å². The largest absolute Gasteiger partial charge is 0.341 e. The van der Waals surface area contributed by atoms with Crippen molar-refractivity contribution in [1.82, 2.24) is 9.80 Å². The first kappa shape index (κ1) is 10.9. The first-order valence-electron chi connectivity index (χ1n) is 6.28. The molecule has 1 amide bonds. The Bertz CT molecular complexity index is 224. The highest BCUT2D eigenvalue weighted by Gasteiger charge is 2.29. The third kappa shape index (κ3) is 2.51. The molecule has 2 aliphatic heterocycles. The summed E-state index contributed by atoms with van der Waals surface area (Å²) in [6, 6.07) is 0.178. The number of amides is 1. The zero-order valence-corrected chi connectivity index (χ0v) is 9.74. The molecule has 0 aromatic heterocycles. The Morgan fingerprint density at radius 1 is 1.00 bits per heavy atom. The van der Waals surface area contributed by atoms with Crippen molar-refractivity contribution in [2.75, 3.05) is 26.7 Å². The Hall–Kier alpha value is -0.570. The van der Waals surface area contributed by atoms with Crippen LogP contribution in [0.1, 0.15) is 38.5 Å². The lowest BCUT2D eigenvalue weighted by Gasteiger charge is -2.36. The molecule has 15 heavy (non-hydrogen) atoms. The Labute approximate surface area is 92.4 Å². The number of hydrogen-bond acceptors (Lipinski definition) is 2. The van der Waals surface area contributed by atoms with Gasteiger partial charge < -0.3 is 4.90 Å². The van der Waals surface area contributed by atoms with E-state index >= 15 is 0 Å². The molecule has 0 saturated carbocycles. The molecule has 86 valence electrons. The van der Waals surface area contributed by atoms with E-state index in [9.17, 15) is 4.79 Å². The standard InChI is InChI=1S/C12H22N2O/c1-13-8-6-3-7-11(13)12(15)14-9-4-2-5-10-14/h11H,2-10H2,1H3. The number of piperidine rings is 2. The first-order chi connectivity index (χ1) is 7.29. The number of likely N-dealkylation sites (tertiary alicyclic amines) is 2. The van der Waals surface area contributed by atoms with Crippen LogP contribution in [0.15, 0.2) is 0 Å². The van der Waals surface area contributed by atoms with Crippen molar-refractivity contribution in [3.8, 4) is 0 Å². The molecule has 0 aromatic rings. The monoisotopic (exact) mass is 210 g/mol. The smallest absolute Gasteiger partial charge is 0.239 e. The summed E-state index contributed by atoms with van der Waals surface area (Å²) in [6.07, 6.45) is 7.22. The van der Waals surface area contributed by atoms with Crippen LogP contribution in [0.2, 0.25) is 0 Å². The van der Waals surface area contributed by atoms with E-state index in [0.29, 0.717) is 5.91 Å². The summed E-state index contributed by atoms with van der Waals surface area (Å²) in [4.78, 5) is 16.6. The summed E-state index contributed by atoms with van der Waals surface area (Å²) in [5.41, 5.74) is 0. The summed E-state index contributed by atoms with van der Waals surface area (Å²) in [5, 5.41) is 0. The van der Waals surface area contributed by atoms with Gasteiger partial charge >= 0.3 is 0 Å². The second-order valence-electron chi connectivity index (χ2n) is 4.88. The zero-order chi connectivity index (χ0) is 10.7. The van der Waals surface area contributed by atoms with E-state index < -0.39 is 0 Å². The number of likely N-dealkylation sites (N-methyl/N-ethyl adjacent to an activating group) is 1. The van der Waals surface area contributed by atoms with Gasteiger partial charge in [-0.25, -0.2) is 0 Å². The fourth-order valence-electron chi connectivity index (χ4n) is 2.71. The number of carbonyl (C=O) groups is 1. The summed E-state index contributed by atoms with van der Waals surface area (Å²) >= 11 is 0. The minimum absolute atomic E-state index is 0.178. The lowest BCUT2D eigenvalue weighted by Crippen LogP contribution is -2.50. The highest BCUT2D eigenvalue weighted by Crippen LogP contribution is 2.19. The van der Waals surface area contributed by atoms with Crippen LogP contribution in [0.4, 0.5) is 0 Å². The molecule has 2 aliphatic rings. The molecule has 0 N–H and O–H groups in total. The minimum atomic E-state index is 0.178. The van der Waals surface area contributed by atoms with Gasteiger partial charge in [0.15, 0.2) is 0 Å². The van der Waals surface area contributed by atoms with Crippen molar-refractivity contribution in [2.45, 2.75) is 44.6 Å². The zero-order valence-electron chi connectivity index (χ0n) is 9.74. The van der Waals surface area contributed by atoms with Gasteiger partial charge in [0.05, 0.1) is 6.04 Å². The van der Waals surface area contributed by atoms with E-state index in [2.05, 4.69) is 16.8 Å². The molecular weight excluding hydrogens is 188 g/mol.